The molecule has 1 aromatic heterocycles. The van der Waals surface area contributed by atoms with Crippen LogP contribution in [0.2, 0.25) is 0 Å². The van der Waals surface area contributed by atoms with Gasteiger partial charge in [-0.2, -0.15) is 0 Å². The van der Waals surface area contributed by atoms with E-state index in [9.17, 15) is 9.90 Å². The summed E-state index contributed by atoms with van der Waals surface area (Å²) in [5.74, 6) is -1.08. The van der Waals surface area contributed by atoms with Gasteiger partial charge in [0.05, 0.1) is 18.8 Å². The van der Waals surface area contributed by atoms with Crippen molar-refractivity contribution in [3.63, 3.8) is 0 Å². The van der Waals surface area contributed by atoms with E-state index >= 15 is 0 Å². The van der Waals surface area contributed by atoms with Gasteiger partial charge in [-0.15, -0.1) is 5.10 Å². The van der Waals surface area contributed by atoms with E-state index in [0.717, 1.165) is 6.42 Å². The second-order valence-electron chi connectivity index (χ2n) is 5.79. The first-order valence-electron chi connectivity index (χ1n) is 6.30. The molecule has 3 N–H and O–H groups in total. The highest BCUT2D eigenvalue weighted by molar-refractivity contribution is 5.84. The van der Waals surface area contributed by atoms with Crippen molar-refractivity contribution < 1.29 is 15.0 Å². The second-order valence-corrected chi connectivity index (χ2v) is 5.79. The molecule has 0 fully saturated rings. The third kappa shape index (κ3) is 6.30. The highest BCUT2D eigenvalue weighted by Crippen LogP contribution is 2.20. The Bertz CT molecular complexity index is 411. The van der Waals surface area contributed by atoms with Gasteiger partial charge in [0.1, 0.15) is 0 Å². The zero-order valence-corrected chi connectivity index (χ0v) is 11.6. The van der Waals surface area contributed by atoms with Crippen molar-refractivity contribution in [1.82, 2.24) is 20.3 Å². The molecule has 7 heteroatoms. The van der Waals surface area contributed by atoms with Crippen LogP contribution in [0, 0.1) is 5.41 Å². The summed E-state index contributed by atoms with van der Waals surface area (Å²) in [5.41, 5.74) is 0.0383. The number of aliphatic hydroxyl groups excluding tert-OH is 1. The predicted molar refractivity (Wildman–Crippen MR) is 69.9 cm³/mol. The number of carboxylic acid groups (broad SMARTS) is 1. The van der Waals surface area contributed by atoms with Crippen LogP contribution in [0.4, 0.5) is 0 Å². The topological polar surface area (TPSA) is 100 Å². The number of aromatic nitrogens is 3. The molecule has 7 nitrogen and oxygen atoms in total. The summed E-state index contributed by atoms with van der Waals surface area (Å²) in [6.45, 7) is 7.88. The van der Waals surface area contributed by atoms with Gasteiger partial charge in [0.2, 0.25) is 0 Å². The Morgan fingerprint density at radius 2 is 2.21 bits per heavy atom. The second kappa shape index (κ2) is 6.63. The van der Waals surface area contributed by atoms with Gasteiger partial charge in [-0.3, -0.25) is 4.68 Å². The van der Waals surface area contributed by atoms with Crippen LogP contribution in [-0.4, -0.2) is 50.4 Å². The Morgan fingerprint density at radius 1 is 1.53 bits per heavy atom. The van der Waals surface area contributed by atoms with Crippen molar-refractivity contribution in [1.29, 1.82) is 0 Å². The Kier molecular flexibility index (Phi) is 5.44. The predicted octanol–water partition coefficient (Wildman–Crippen LogP) is 0.363. The molecule has 0 aromatic carbocycles. The molecular formula is C12H22N4O3. The van der Waals surface area contributed by atoms with E-state index in [-0.39, 0.29) is 17.2 Å². The van der Waals surface area contributed by atoms with E-state index in [1.807, 2.05) is 0 Å². The average Bonchev–Trinajstić information content (AvgIpc) is 2.70. The number of hydrogen-bond donors (Lipinski definition) is 3. The van der Waals surface area contributed by atoms with Crippen molar-refractivity contribution in [3.8, 4) is 0 Å². The summed E-state index contributed by atoms with van der Waals surface area (Å²) in [5, 5.41) is 28.8. The van der Waals surface area contributed by atoms with Crippen molar-refractivity contribution in [3.05, 3.63) is 11.9 Å². The molecule has 0 amide bonds. The number of rotatable bonds is 7. The fraction of sp³-hybridized carbons (Fsp3) is 0.750. The van der Waals surface area contributed by atoms with Gasteiger partial charge in [-0.25, -0.2) is 4.79 Å². The first kappa shape index (κ1) is 15.6. The third-order valence-electron chi connectivity index (χ3n) is 2.50. The van der Waals surface area contributed by atoms with E-state index < -0.39 is 5.97 Å². The number of hydrogen-bond acceptors (Lipinski definition) is 5. The smallest absolute Gasteiger partial charge is 0.358 e. The van der Waals surface area contributed by atoms with Crippen molar-refractivity contribution in [2.45, 2.75) is 39.8 Å². The van der Waals surface area contributed by atoms with Crippen LogP contribution in [0.25, 0.3) is 0 Å². The molecule has 19 heavy (non-hydrogen) atoms. The maximum atomic E-state index is 10.6. The van der Waals surface area contributed by atoms with Crippen LogP contribution in [0.3, 0.4) is 0 Å². The molecule has 1 heterocycles. The molecule has 0 bridgehead atoms. The maximum Gasteiger partial charge on any atom is 0.358 e. The van der Waals surface area contributed by atoms with E-state index in [1.165, 1.54) is 10.9 Å². The molecular weight excluding hydrogens is 248 g/mol. The molecule has 0 aliphatic heterocycles. The minimum Gasteiger partial charge on any atom is -0.476 e. The Hall–Kier alpha value is -1.47. The number of nitrogens with zero attached hydrogens (tertiary/aromatic N) is 3. The molecule has 0 saturated heterocycles. The molecule has 1 unspecified atom stereocenters. The Labute approximate surface area is 112 Å². The minimum absolute atomic E-state index is 0.0623. The lowest BCUT2D eigenvalue weighted by Crippen LogP contribution is -2.32. The van der Waals surface area contributed by atoms with Crippen LogP contribution < -0.4 is 5.32 Å². The first-order valence-corrected chi connectivity index (χ1v) is 6.30. The van der Waals surface area contributed by atoms with Gasteiger partial charge in [0, 0.05) is 13.1 Å². The van der Waals surface area contributed by atoms with Gasteiger partial charge >= 0.3 is 5.97 Å². The fourth-order valence-electron chi connectivity index (χ4n) is 1.75. The van der Waals surface area contributed by atoms with Gasteiger partial charge in [-0.05, 0) is 11.8 Å². The third-order valence-corrected chi connectivity index (χ3v) is 2.50. The van der Waals surface area contributed by atoms with Crippen molar-refractivity contribution >= 4 is 5.97 Å². The first-order chi connectivity index (χ1) is 8.78. The molecule has 1 aromatic rings. The quantitative estimate of drug-likeness (QED) is 0.619. The van der Waals surface area contributed by atoms with Crippen molar-refractivity contribution in [2.75, 3.05) is 13.1 Å². The zero-order chi connectivity index (χ0) is 14.5. The number of aliphatic hydroxyl groups is 1. The highest BCUT2D eigenvalue weighted by atomic mass is 16.4. The molecule has 1 rings (SSSR count). The minimum atomic E-state index is -1.08. The molecule has 0 saturated carbocycles. The van der Waals surface area contributed by atoms with Crippen LogP contribution in [0.15, 0.2) is 6.20 Å². The fourth-order valence-corrected chi connectivity index (χ4v) is 1.75. The number of aromatic carboxylic acids is 1. The molecule has 0 aliphatic carbocycles. The normalized spacial score (nSPS) is 13.5. The molecule has 0 radical (unpaired) electrons. The van der Waals surface area contributed by atoms with Crippen LogP contribution in [-0.2, 0) is 6.54 Å². The Morgan fingerprint density at radius 3 is 2.74 bits per heavy atom. The zero-order valence-electron chi connectivity index (χ0n) is 11.6. The summed E-state index contributed by atoms with van der Waals surface area (Å²) in [7, 11) is 0. The van der Waals surface area contributed by atoms with Crippen LogP contribution in [0.1, 0.15) is 37.7 Å². The number of carboxylic acids is 1. The van der Waals surface area contributed by atoms with Gasteiger partial charge in [-0.1, -0.05) is 26.0 Å². The summed E-state index contributed by atoms with van der Waals surface area (Å²) < 4.78 is 1.46. The Balaban J connectivity index is 2.21. The monoisotopic (exact) mass is 270 g/mol. The maximum absolute atomic E-state index is 10.6. The summed E-state index contributed by atoms with van der Waals surface area (Å²) in [4.78, 5) is 10.6. The highest BCUT2D eigenvalue weighted by Gasteiger charge is 2.16. The number of carbonyl (C=O) groups is 1. The molecule has 0 spiro atoms. The van der Waals surface area contributed by atoms with Crippen LogP contribution in [0.5, 0.6) is 0 Å². The van der Waals surface area contributed by atoms with Crippen molar-refractivity contribution in [2.24, 2.45) is 5.41 Å². The lowest BCUT2D eigenvalue weighted by atomic mass is 9.89. The van der Waals surface area contributed by atoms with E-state index in [2.05, 4.69) is 36.4 Å². The van der Waals surface area contributed by atoms with Gasteiger partial charge in [0.25, 0.3) is 0 Å². The van der Waals surface area contributed by atoms with Crippen LogP contribution >= 0.6 is 0 Å². The van der Waals surface area contributed by atoms with E-state index in [1.54, 1.807) is 0 Å². The van der Waals surface area contributed by atoms with E-state index in [0.29, 0.717) is 19.6 Å². The van der Waals surface area contributed by atoms with Gasteiger partial charge in [0.15, 0.2) is 5.69 Å². The SMILES string of the molecule is CC(C)(C)CC(O)CNCCn1cc(C(=O)O)nn1. The number of nitrogens with one attached hydrogen (secondary N) is 1. The molecule has 0 aliphatic rings. The van der Waals surface area contributed by atoms with E-state index in [4.69, 9.17) is 5.11 Å². The molecule has 1 atom stereocenters. The summed E-state index contributed by atoms with van der Waals surface area (Å²) in [6.07, 6.45) is 1.73. The summed E-state index contributed by atoms with van der Waals surface area (Å²) >= 11 is 0. The summed E-state index contributed by atoms with van der Waals surface area (Å²) in [6, 6.07) is 0. The van der Waals surface area contributed by atoms with Gasteiger partial charge < -0.3 is 15.5 Å². The standard InChI is InChI=1S/C12H22N4O3/c1-12(2,3)6-9(17)7-13-4-5-16-8-10(11(18)19)14-15-16/h8-9,13,17H,4-7H2,1-3H3,(H,18,19). The lowest BCUT2D eigenvalue weighted by molar-refractivity contribution is 0.0690. The average molecular weight is 270 g/mol. The lowest BCUT2D eigenvalue weighted by Gasteiger charge is -2.22. The molecule has 108 valence electrons. The largest absolute Gasteiger partial charge is 0.476 e.